The quantitative estimate of drug-likeness (QED) is 0.130. The van der Waals surface area contributed by atoms with Gasteiger partial charge in [0.2, 0.25) is 0 Å². The molecule has 1 aliphatic rings. The third-order valence-corrected chi connectivity index (χ3v) is 7.07. The number of benzene rings is 4. The standard InChI is InChI=1S/C20H22N2O2.C16H16N2O2/c23-19-11-5-1-7-15(19)13-21-17-9-3-4-10-18(17)22-14-16-8-2-6-12-20(16)24;19-15-7-3-1-5-13(15)11-17-9-10-18-12-14-6-2-4-8-16(14)20/h1-2,5-8,11-14,17-18,23-24H,3-4,9-10H2;1-8,11-12,19-20H,9-10H2. The molecule has 1 aliphatic carbocycles. The maximum Gasteiger partial charge on any atom is 0.124 e. The van der Waals surface area contributed by atoms with Gasteiger partial charge in [-0.05, 0) is 61.4 Å². The summed E-state index contributed by atoms with van der Waals surface area (Å²) in [4.78, 5) is 17.7. The second kappa shape index (κ2) is 17.0. The third kappa shape index (κ3) is 9.94. The lowest BCUT2D eigenvalue weighted by atomic mass is 9.91. The molecule has 0 saturated heterocycles. The SMILES string of the molecule is Oc1ccccc1C=NC1CCCCC1N=Cc1ccccc1O.Oc1ccccc1C=NCCN=Cc1ccccc1O. The minimum Gasteiger partial charge on any atom is -0.507 e. The number of para-hydroxylation sites is 4. The molecule has 0 radical (unpaired) electrons. The van der Waals surface area contributed by atoms with Crippen molar-refractivity contribution in [3.63, 3.8) is 0 Å². The van der Waals surface area contributed by atoms with E-state index in [2.05, 4.69) is 20.0 Å². The van der Waals surface area contributed by atoms with Crippen LogP contribution in [0.5, 0.6) is 23.0 Å². The van der Waals surface area contributed by atoms with E-state index in [1.165, 1.54) is 0 Å². The number of phenols is 4. The average Bonchev–Trinajstić information content (AvgIpc) is 3.04. The molecule has 0 aliphatic heterocycles. The van der Waals surface area contributed by atoms with Gasteiger partial charge in [-0.1, -0.05) is 61.4 Å². The molecule has 0 heterocycles. The van der Waals surface area contributed by atoms with Gasteiger partial charge >= 0.3 is 0 Å². The number of hydrogen-bond acceptors (Lipinski definition) is 8. The lowest BCUT2D eigenvalue weighted by molar-refractivity contribution is 0.390. The Labute approximate surface area is 258 Å². The van der Waals surface area contributed by atoms with Crippen molar-refractivity contribution in [3.8, 4) is 23.0 Å². The van der Waals surface area contributed by atoms with Crippen LogP contribution in [0.25, 0.3) is 0 Å². The van der Waals surface area contributed by atoms with Crippen LogP contribution in [0.15, 0.2) is 117 Å². The lowest BCUT2D eigenvalue weighted by Crippen LogP contribution is -2.27. The van der Waals surface area contributed by atoms with Crippen molar-refractivity contribution in [1.82, 2.24) is 0 Å². The summed E-state index contributed by atoms with van der Waals surface area (Å²) in [7, 11) is 0. The Bertz CT molecular complexity index is 1480. The number of aliphatic imine (C=N–C) groups is 4. The molecule has 2 unspecified atom stereocenters. The van der Waals surface area contributed by atoms with Crippen LogP contribution in [0, 0.1) is 0 Å². The molecule has 4 aromatic rings. The fourth-order valence-corrected chi connectivity index (χ4v) is 4.62. The van der Waals surface area contributed by atoms with Crippen LogP contribution >= 0.6 is 0 Å². The predicted molar refractivity (Wildman–Crippen MR) is 179 cm³/mol. The van der Waals surface area contributed by atoms with Crippen molar-refractivity contribution < 1.29 is 20.4 Å². The molecule has 1 fully saturated rings. The maximum absolute atomic E-state index is 9.84. The summed E-state index contributed by atoms with van der Waals surface area (Å²) >= 11 is 0. The molecule has 226 valence electrons. The summed E-state index contributed by atoms with van der Waals surface area (Å²) in [6, 6.07) is 28.7. The molecule has 0 amide bonds. The predicted octanol–water partition coefficient (Wildman–Crippen LogP) is 6.58. The fourth-order valence-electron chi connectivity index (χ4n) is 4.62. The Kier molecular flexibility index (Phi) is 12.3. The topological polar surface area (TPSA) is 130 Å². The first-order chi connectivity index (χ1) is 21.5. The zero-order chi connectivity index (χ0) is 31.0. The maximum atomic E-state index is 9.84. The van der Waals surface area contributed by atoms with Gasteiger partial charge in [0.15, 0.2) is 0 Å². The molecule has 8 nitrogen and oxygen atoms in total. The zero-order valence-corrected chi connectivity index (χ0v) is 24.5. The van der Waals surface area contributed by atoms with Gasteiger partial charge in [-0.2, -0.15) is 0 Å². The largest absolute Gasteiger partial charge is 0.507 e. The minimum atomic E-state index is 0.112. The van der Waals surface area contributed by atoms with Crippen molar-refractivity contribution in [2.24, 2.45) is 20.0 Å². The highest BCUT2D eigenvalue weighted by Crippen LogP contribution is 2.25. The van der Waals surface area contributed by atoms with E-state index < -0.39 is 0 Å². The molecule has 0 bridgehead atoms. The van der Waals surface area contributed by atoms with E-state index in [1.807, 2.05) is 36.4 Å². The normalized spacial score (nSPS) is 16.9. The van der Waals surface area contributed by atoms with Gasteiger partial charge in [-0.3, -0.25) is 20.0 Å². The average molecular weight is 591 g/mol. The van der Waals surface area contributed by atoms with Gasteiger partial charge in [0.05, 0.1) is 25.2 Å². The van der Waals surface area contributed by atoms with Crippen LogP contribution < -0.4 is 0 Å². The van der Waals surface area contributed by atoms with Crippen LogP contribution in [0.1, 0.15) is 47.9 Å². The monoisotopic (exact) mass is 590 g/mol. The Morgan fingerprint density at radius 2 is 0.750 bits per heavy atom. The van der Waals surface area contributed by atoms with Crippen LogP contribution in [-0.4, -0.2) is 70.5 Å². The fraction of sp³-hybridized carbons (Fsp3) is 0.222. The molecule has 5 rings (SSSR count). The van der Waals surface area contributed by atoms with E-state index in [4.69, 9.17) is 0 Å². The summed E-state index contributed by atoms with van der Waals surface area (Å²) in [5, 5.41) is 38.8. The molecule has 8 heteroatoms. The first kappa shape index (κ1) is 31.7. The lowest BCUT2D eigenvalue weighted by Gasteiger charge is -2.25. The Morgan fingerprint density at radius 3 is 1.07 bits per heavy atom. The van der Waals surface area contributed by atoms with Gasteiger partial charge < -0.3 is 20.4 Å². The van der Waals surface area contributed by atoms with Crippen molar-refractivity contribution in [2.45, 2.75) is 37.8 Å². The van der Waals surface area contributed by atoms with Crippen LogP contribution in [0.4, 0.5) is 0 Å². The molecule has 44 heavy (non-hydrogen) atoms. The highest BCUT2D eigenvalue weighted by molar-refractivity contribution is 5.85. The molecule has 0 aromatic heterocycles. The summed E-state index contributed by atoms with van der Waals surface area (Å²) in [5.74, 6) is 0.917. The molecule has 4 N–H and O–H groups in total. The summed E-state index contributed by atoms with van der Waals surface area (Å²) in [6.07, 6.45) is 11.0. The van der Waals surface area contributed by atoms with E-state index in [1.54, 1.807) is 85.5 Å². The number of rotatable bonds is 9. The highest BCUT2D eigenvalue weighted by Gasteiger charge is 2.23. The van der Waals surface area contributed by atoms with Gasteiger partial charge in [0, 0.05) is 47.1 Å². The number of phenolic OH excluding ortho intramolecular Hbond substituents is 4. The molecular formula is C36H38N4O4. The van der Waals surface area contributed by atoms with Crippen LogP contribution in [0.2, 0.25) is 0 Å². The van der Waals surface area contributed by atoms with E-state index in [9.17, 15) is 20.4 Å². The zero-order valence-electron chi connectivity index (χ0n) is 24.5. The van der Waals surface area contributed by atoms with E-state index >= 15 is 0 Å². The second-order valence-corrected chi connectivity index (χ2v) is 10.3. The molecule has 2 atom stereocenters. The van der Waals surface area contributed by atoms with Crippen molar-refractivity contribution in [1.29, 1.82) is 0 Å². The van der Waals surface area contributed by atoms with Crippen LogP contribution in [-0.2, 0) is 0 Å². The Balaban J connectivity index is 0.000000204. The van der Waals surface area contributed by atoms with E-state index in [0.29, 0.717) is 24.2 Å². The van der Waals surface area contributed by atoms with Crippen LogP contribution in [0.3, 0.4) is 0 Å². The van der Waals surface area contributed by atoms with E-state index in [0.717, 1.165) is 36.8 Å². The first-order valence-corrected chi connectivity index (χ1v) is 14.7. The number of nitrogens with zero attached hydrogens (tertiary/aromatic N) is 4. The molecule has 1 saturated carbocycles. The smallest absolute Gasteiger partial charge is 0.124 e. The van der Waals surface area contributed by atoms with Crippen molar-refractivity contribution >= 4 is 24.9 Å². The highest BCUT2D eigenvalue weighted by atomic mass is 16.3. The number of aromatic hydroxyl groups is 4. The number of hydrogen-bond donors (Lipinski definition) is 4. The first-order valence-electron chi connectivity index (χ1n) is 14.7. The molecular weight excluding hydrogens is 552 g/mol. The molecule has 0 spiro atoms. The summed E-state index contributed by atoms with van der Waals surface area (Å²) in [6.45, 7) is 1.05. The Hall–Kier alpha value is -5.24. The van der Waals surface area contributed by atoms with E-state index in [-0.39, 0.29) is 35.1 Å². The van der Waals surface area contributed by atoms with Gasteiger partial charge in [0.25, 0.3) is 0 Å². The Morgan fingerprint density at radius 1 is 0.455 bits per heavy atom. The van der Waals surface area contributed by atoms with Gasteiger partial charge in [0.1, 0.15) is 23.0 Å². The second-order valence-electron chi connectivity index (χ2n) is 10.3. The van der Waals surface area contributed by atoms with Crippen molar-refractivity contribution in [2.75, 3.05) is 13.1 Å². The molecule has 4 aromatic carbocycles. The van der Waals surface area contributed by atoms with Gasteiger partial charge in [-0.25, -0.2) is 0 Å². The summed E-state index contributed by atoms with van der Waals surface area (Å²) < 4.78 is 0. The van der Waals surface area contributed by atoms with Gasteiger partial charge in [-0.15, -0.1) is 0 Å². The third-order valence-electron chi connectivity index (χ3n) is 7.07. The summed E-state index contributed by atoms with van der Waals surface area (Å²) in [5.41, 5.74) is 2.84. The van der Waals surface area contributed by atoms with Crippen molar-refractivity contribution in [3.05, 3.63) is 119 Å². The minimum absolute atomic E-state index is 0.112.